The van der Waals surface area contributed by atoms with Gasteiger partial charge in [0.25, 0.3) is 0 Å². The Morgan fingerprint density at radius 1 is 0.967 bits per heavy atom. The molecule has 0 spiro atoms. The third-order valence-electron chi connectivity index (χ3n) is 4.48. The quantitative estimate of drug-likeness (QED) is 0.487. The summed E-state index contributed by atoms with van der Waals surface area (Å²) < 4.78 is 2.04. The van der Waals surface area contributed by atoms with Gasteiger partial charge in [-0.1, -0.05) is 60.3 Å². The zero-order valence-electron chi connectivity index (χ0n) is 16.4. The van der Waals surface area contributed by atoms with Crippen molar-refractivity contribution in [2.24, 2.45) is 0 Å². The number of rotatable bonds is 9. The highest BCUT2D eigenvalue weighted by Gasteiger charge is 2.18. The van der Waals surface area contributed by atoms with Crippen LogP contribution < -0.4 is 0 Å². The number of carbonyl (C=O) groups excluding carboxylic acids is 1. The largest absolute Gasteiger partial charge is 0.340 e. The molecule has 1 heterocycles. The van der Waals surface area contributed by atoms with Gasteiger partial charge in [0.05, 0.1) is 42.6 Å². The lowest BCUT2D eigenvalue weighted by atomic mass is 10.1. The fraction of sp³-hybridized carbons (Fsp3) is 0.217. The first-order valence-electron chi connectivity index (χ1n) is 9.57. The van der Waals surface area contributed by atoms with Crippen molar-refractivity contribution < 1.29 is 4.79 Å². The van der Waals surface area contributed by atoms with Gasteiger partial charge in [-0.25, -0.2) is 4.98 Å². The molecule has 0 saturated heterocycles. The standard InChI is InChI=1S/C23H21N5OS/c24-13-7-15-27(16-8-14-25)22(29)18-30-23-26-17-21(19-9-3-1-4-10-19)28(23)20-11-5-2-6-12-20/h1-6,9-12,17H,7-8,15-16,18H2. The first-order valence-corrected chi connectivity index (χ1v) is 10.6. The van der Waals surface area contributed by atoms with Crippen LogP contribution in [-0.2, 0) is 4.79 Å². The first-order chi connectivity index (χ1) is 14.7. The molecule has 0 atom stereocenters. The van der Waals surface area contributed by atoms with E-state index in [9.17, 15) is 4.79 Å². The van der Waals surface area contributed by atoms with Crippen LogP contribution in [0, 0.1) is 22.7 Å². The number of hydrogen-bond acceptors (Lipinski definition) is 5. The molecule has 0 aliphatic rings. The Labute approximate surface area is 180 Å². The van der Waals surface area contributed by atoms with Gasteiger partial charge in [-0.15, -0.1) is 0 Å². The Morgan fingerprint density at radius 3 is 2.17 bits per heavy atom. The van der Waals surface area contributed by atoms with Crippen molar-refractivity contribution in [3.05, 3.63) is 66.9 Å². The second-order valence-electron chi connectivity index (χ2n) is 6.45. The van der Waals surface area contributed by atoms with Crippen LogP contribution in [0.2, 0.25) is 0 Å². The number of thioether (sulfide) groups is 1. The Kier molecular flexibility index (Phi) is 7.65. The second-order valence-corrected chi connectivity index (χ2v) is 7.39. The highest BCUT2D eigenvalue weighted by molar-refractivity contribution is 7.99. The van der Waals surface area contributed by atoms with Gasteiger partial charge in [-0.3, -0.25) is 9.36 Å². The molecule has 0 saturated carbocycles. The number of carbonyl (C=O) groups is 1. The van der Waals surface area contributed by atoms with Crippen molar-refractivity contribution >= 4 is 17.7 Å². The molecule has 150 valence electrons. The van der Waals surface area contributed by atoms with Crippen molar-refractivity contribution in [1.29, 1.82) is 10.5 Å². The van der Waals surface area contributed by atoms with Crippen LogP contribution in [0.15, 0.2) is 72.0 Å². The molecule has 0 fully saturated rings. The van der Waals surface area contributed by atoms with Gasteiger partial charge >= 0.3 is 0 Å². The summed E-state index contributed by atoms with van der Waals surface area (Å²) in [6, 6.07) is 24.0. The summed E-state index contributed by atoms with van der Waals surface area (Å²) in [4.78, 5) is 18.9. The molecule has 0 radical (unpaired) electrons. The predicted octanol–water partition coefficient (Wildman–Crippen LogP) is 4.29. The molecule has 0 aliphatic carbocycles. The lowest BCUT2D eigenvalue weighted by Crippen LogP contribution is -2.34. The normalized spacial score (nSPS) is 10.2. The first kappa shape index (κ1) is 21.2. The average Bonchev–Trinajstić information content (AvgIpc) is 3.23. The van der Waals surface area contributed by atoms with E-state index in [-0.39, 0.29) is 24.5 Å². The van der Waals surface area contributed by atoms with E-state index in [2.05, 4.69) is 17.1 Å². The van der Waals surface area contributed by atoms with Gasteiger partial charge in [-0.2, -0.15) is 10.5 Å². The van der Waals surface area contributed by atoms with Crippen LogP contribution in [0.3, 0.4) is 0 Å². The third-order valence-corrected chi connectivity index (χ3v) is 5.42. The van der Waals surface area contributed by atoms with E-state index in [0.717, 1.165) is 16.9 Å². The van der Waals surface area contributed by atoms with Crippen LogP contribution in [-0.4, -0.2) is 39.2 Å². The number of para-hydroxylation sites is 1. The molecule has 1 aromatic heterocycles. The van der Waals surface area contributed by atoms with Crippen LogP contribution in [0.4, 0.5) is 0 Å². The van der Waals surface area contributed by atoms with Crippen molar-refractivity contribution in [1.82, 2.24) is 14.5 Å². The molecule has 6 nitrogen and oxygen atoms in total. The Balaban J connectivity index is 1.84. The van der Waals surface area contributed by atoms with Gasteiger partial charge in [0.2, 0.25) is 5.91 Å². The topological polar surface area (TPSA) is 85.7 Å². The van der Waals surface area contributed by atoms with E-state index in [0.29, 0.717) is 18.2 Å². The maximum absolute atomic E-state index is 12.7. The molecule has 0 N–H and O–H groups in total. The van der Waals surface area contributed by atoms with Crippen LogP contribution >= 0.6 is 11.8 Å². The molecule has 30 heavy (non-hydrogen) atoms. The van der Waals surface area contributed by atoms with Gasteiger partial charge in [0.1, 0.15) is 0 Å². The molecule has 1 amide bonds. The average molecular weight is 416 g/mol. The summed E-state index contributed by atoms with van der Waals surface area (Å²) in [5, 5.41) is 18.4. The summed E-state index contributed by atoms with van der Waals surface area (Å²) >= 11 is 1.36. The van der Waals surface area contributed by atoms with E-state index in [4.69, 9.17) is 10.5 Å². The van der Waals surface area contributed by atoms with Crippen molar-refractivity contribution in [3.63, 3.8) is 0 Å². The van der Waals surface area contributed by atoms with Crippen molar-refractivity contribution in [2.75, 3.05) is 18.8 Å². The number of hydrogen-bond donors (Lipinski definition) is 0. The molecule has 2 aromatic carbocycles. The third kappa shape index (κ3) is 5.28. The van der Waals surface area contributed by atoms with Gasteiger partial charge in [0, 0.05) is 24.3 Å². The van der Waals surface area contributed by atoms with Crippen LogP contribution in [0.1, 0.15) is 12.8 Å². The lowest BCUT2D eigenvalue weighted by molar-refractivity contribution is -0.128. The van der Waals surface area contributed by atoms with E-state index < -0.39 is 0 Å². The number of benzene rings is 2. The maximum Gasteiger partial charge on any atom is 0.233 e. The van der Waals surface area contributed by atoms with Crippen LogP contribution in [0.5, 0.6) is 0 Å². The van der Waals surface area contributed by atoms with E-state index in [1.54, 1.807) is 4.90 Å². The SMILES string of the molecule is N#CCCN(CCC#N)C(=O)CSc1ncc(-c2ccccc2)n1-c1ccccc1. The lowest BCUT2D eigenvalue weighted by Gasteiger charge is -2.20. The summed E-state index contributed by atoms with van der Waals surface area (Å²) in [7, 11) is 0. The minimum Gasteiger partial charge on any atom is -0.340 e. The Hall–Kier alpha value is -3.55. The Bertz CT molecular complexity index is 1030. The molecule has 3 aromatic rings. The van der Waals surface area contributed by atoms with Crippen LogP contribution in [0.25, 0.3) is 16.9 Å². The summed E-state index contributed by atoms with van der Waals surface area (Å²) in [6.45, 7) is 0.667. The van der Waals surface area contributed by atoms with Crippen molar-refractivity contribution in [2.45, 2.75) is 18.0 Å². The summed E-state index contributed by atoms with van der Waals surface area (Å²) in [5.41, 5.74) is 2.95. The highest BCUT2D eigenvalue weighted by atomic mass is 32.2. The second kappa shape index (κ2) is 10.8. The van der Waals surface area contributed by atoms with Gasteiger partial charge < -0.3 is 4.90 Å². The van der Waals surface area contributed by atoms with Gasteiger partial charge in [0.15, 0.2) is 5.16 Å². The Morgan fingerprint density at radius 2 is 1.57 bits per heavy atom. The minimum atomic E-state index is -0.102. The molecule has 7 heteroatoms. The smallest absolute Gasteiger partial charge is 0.233 e. The maximum atomic E-state index is 12.7. The molecule has 0 aliphatic heterocycles. The number of aromatic nitrogens is 2. The highest BCUT2D eigenvalue weighted by Crippen LogP contribution is 2.29. The van der Waals surface area contributed by atoms with E-state index in [1.165, 1.54) is 11.8 Å². The number of nitriles is 2. The minimum absolute atomic E-state index is 0.102. The zero-order valence-corrected chi connectivity index (χ0v) is 17.3. The monoisotopic (exact) mass is 415 g/mol. The molecular weight excluding hydrogens is 394 g/mol. The van der Waals surface area contributed by atoms with E-state index in [1.807, 2.05) is 71.4 Å². The number of imidazole rings is 1. The summed E-state index contributed by atoms with van der Waals surface area (Å²) in [6.07, 6.45) is 2.32. The molecule has 0 unspecified atom stereocenters. The predicted molar refractivity (Wildman–Crippen MR) is 117 cm³/mol. The number of nitrogens with zero attached hydrogens (tertiary/aromatic N) is 5. The van der Waals surface area contributed by atoms with Crippen molar-refractivity contribution in [3.8, 4) is 29.1 Å². The molecular formula is C23H21N5OS. The number of amides is 1. The molecule has 0 bridgehead atoms. The van der Waals surface area contributed by atoms with Gasteiger partial charge in [-0.05, 0) is 12.1 Å². The fourth-order valence-electron chi connectivity index (χ4n) is 3.02. The molecule has 3 rings (SSSR count). The zero-order chi connectivity index (χ0) is 21.2. The summed E-state index contributed by atoms with van der Waals surface area (Å²) in [5.74, 6) is 0.0870. The fourth-order valence-corrected chi connectivity index (χ4v) is 3.92. The van der Waals surface area contributed by atoms with E-state index >= 15 is 0 Å².